The Labute approximate surface area is 196 Å². The molecule has 1 heterocycles. The quantitative estimate of drug-likeness (QED) is 0.462. The van der Waals surface area contributed by atoms with E-state index < -0.39 is 9.84 Å². The fraction of sp³-hybridized carbons (Fsp3) is 0.385. The van der Waals surface area contributed by atoms with E-state index in [0.717, 1.165) is 29.7 Å². The van der Waals surface area contributed by atoms with Gasteiger partial charge in [-0.1, -0.05) is 61.9 Å². The van der Waals surface area contributed by atoms with Gasteiger partial charge in [-0.2, -0.15) is 0 Å². The lowest BCUT2D eigenvalue weighted by Gasteiger charge is -2.24. The van der Waals surface area contributed by atoms with Crippen LogP contribution in [-0.2, 0) is 28.7 Å². The van der Waals surface area contributed by atoms with Crippen LogP contribution in [0.15, 0.2) is 66.0 Å². The molecular weight excluding hydrogens is 434 g/mol. The van der Waals surface area contributed by atoms with Gasteiger partial charge in [-0.05, 0) is 43.4 Å². The minimum Gasteiger partial charge on any atom is -0.330 e. The van der Waals surface area contributed by atoms with Gasteiger partial charge in [0.25, 0.3) is 5.91 Å². The standard InChI is InChI=1S/C26H31N3O3S/c1-19(2)16-29-24(15-27-26(29)33(31,32)18-21-7-5-4-6-8-21)17-28(23-13-14-23)25(30)22-11-9-20(3)10-12-22/h4-12,15,19,23H,13-14,16-18H2,1-3H3. The number of aromatic nitrogens is 2. The molecule has 0 atom stereocenters. The van der Waals surface area contributed by atoms with Crippen LogP contribution in [0.5, 0.6) is 0 Å². The van der Waals surface area contributed by atoms with Gasteiger partial charge in [-0.15, -0.1) is 0 Å². The van der Waals surface area contributed by atoms with Gasteiger partial charge >= 0.3 is 0 Å². The van der Waals surface area contributed by atoms with E-state index in [1.165, 1.54) is 0 Å². The maximum absolute atomic E-state index is 13.3. The normalized spacial score (nSPS) is 13.9. The first-order valence-electron chi connectivity index (χ1n) is 11.4. The van der Waals surface area contributed by atoms with Crippen molar-refractivity contribution in [2.24, 2.45) is 5.92 Å². The summed E-state index contributed by atoms with van der Waals surface area (Å²) in [6.45, 7) is 6.96. The molecular formula is C26H31N3O3S. The van der Waals surface area contributed by atoms with Crippen molar-refractivity contribution in [2.75, 3.05) is 0 Å². The average Bonchev–Trinajstić information content (AvgIpc) is 3.53. The molecule has 0 radical (unpaired) electrons. The van der Waals surface area contributed by atoms with Crippen LogP contribution in [0.25, 0.3) is 0 Å². The van der Waals surface area contributed by atoms with Gasteiger partial charge in [0.1, 0.15) is 0 Å². The van der Waals surface area contributed by atoms with E-state index in [2.05, 4.69) is 4.98 Å². The van der Waals surface area contributed by atoms with Crippen molar-refractivity contribution in [3.05, 3.63) is 83.2 Å². The van der Waals surface area contributed by atoms with Crippen LogP contribution in [0, 0.1) is 12.8 Å². The highest BCUT2D eigenvalue weighted by Gasteiger charge is 2.34. The summed E-state index contributed by atoms with van der Waals surface area (Å²) >= 11 is 0. The van der Waals surface area contributed by atoms with Crippen molar-refractivity contribution >= 4 is 15.7 Å². The molecule has 0 bridgehead atoms. The second-order valence-corrected chi connectivity index (χ2v) is 11.2. The monoisotopic (exact) mass is 465 g/mol. The lowest BCUT2D eigenvalue weighted by molar-refractivity contribution is 0.0725. The Morgan fingerprint density at radius 3 is 2.36 bits per heavy atom. The summed E-state index contributed by atoms with van der Waals surface area (Å²) in [6, 6.07) is 16.9. The number of hydrogen-bond acceptors (Lipinski definition) is 4. The van der Waals surface area contributed by atoms with Crippen molar-refractivity contribution in [2.45, 2.75) is 63.7 Å². The second-order valence-electron chi connectivity index (χ2n) is 9.31. The lowest BCUT2D eigenvalue weighted by Crippen LogP contribution is -2.33. The Morgan fingerprint density at radius 1 is 1.09 bits per heavy atom. The molecule has 1 saturated carbocycles. The number of carbonyl (C=O) groups is 1. The number of aryl methyl sites for hydroxylation is 1. The van der Waals surface area contributed by atoms with Gasteiger partial charge in [0.15, 0.2) is 0 Å². The van der Waals surface area contributed by atoms with Crippen LogP contribution >= 0.6 is 0 Å². The third-order valence-electron chi connectivity index (χ3n) is 5.81. The number of sulfone groups is 1. The first kappa shape index (κ1) is 23.2. The molecule has 1 amide bonds. The van der Waals surface area contributed by atoms with Crippen LogP contribution in [-0.4, -0.2) is 34.8 Å². The molecule has 33 heavy (non-hydrogen) atoms. The number of carbonyl (C=O) groups excluding carboxylic acids is 1. The molecule has 7 heteroatoms. The summed E-state index contributed by atoms with van der Waals surface area (Å²) in [5.74, 6) is 0.103. The first-order valence-corrected chi connectivity index (χ1v) is 13.1. The number of amides is 1. The Balaban J connectivity index is 1.65. The van der Waals surface area contributed by atoms with Gasteiger partial charge < -0.3 is 9.47 Å². The third-order valence-corrected chi connectivity index (χ3v) is 7.40. The molecule has 0 N–H and O–H groups in total. The minimum absolute atomic E-state index is 0.0245. The molecule has 1 aliphatic rings. The molecule has 1 aliphatic carbocycles. The summed E-state index contributed by atoms with van der Waals surface area (Å²) in [5.41, 5.74) is 3.24. The predicted molar refractivity (Wildman–Crippen MR) is 128 cm³/mol. The molecule has 6 nitrogen and oxygen atoms in total. The molecule has 2 aromatic carbocycles. The topological polar surface area (TPSA) is 72.3 Å². The molecule has 0 spiro atoms. The van der Waals surface area contributed by atoms with Gasteiger partial charge in [0.2, 0.25) is 15.0 Å². The molecule has 4 rings (SSSR count). The molecule has 0 aliphatic heterocycles. The van der Waals surface area contributed by atoms with Gasteiger partial charge in [-0.3, -0.25) is 4.79 Å². The highest BCUT2D eigenvalue weighted by Crippen LogP contribution is 2.31. The summed E-state index contributed by atoms with van der Waals surface area (Å²) in [5, 5.41) is 0.0774. The lowest BCUT2D eigenvalue weighted by atomic mass is 10.1. The van der Waals surface area contributed by atoms with Crippen LogP contribution in [0.4, 0.5) is 0 Å². The molecule has 1 fully saturated rings. The summed E-state index contributed by atoms with van der Waals surface area (Å²) in [4.78, 5) is 19.5. The fourth-order valence-electron chi connectivity index (χ4n) is 3.97. The van der Waals surface area contributed by atoms with Crippen LogP contribution in [0.3, 0.4) is 0 Å². The van der Waals surface area contributed by atoms with Crippen molar-refractivity contribution in [1.82, 2.24) is 14.5 Å². The zero-order chi connectivity index (χ0) is 23.6. The molecule has 174 valence electrons. The molecule has 3 aromatic rings. The smallest absolute Gasteiger partial charge is 0.254 e. The van der Waals surface area contributed by atoms with Gasteiger partial charge in [0.05, 0.1) is 24.2 Å². The molecule has 0 unspecified atom stereocenters. The Bertz CT molecular complexity index is 1210. The maximum Gasteiger partial charge on any atom is 0.254 e. The highest BCUT2D eigenvalue weighted by atomic mass is 32.2. The zero-order valence-corrected chi connectivity index (χ0v) is 20.3. The van der Waals surface area contributed by atoms with E-state index in [1.807, 2.05) is 80.3 Å². The molecule has 0 saturated heterocycles. The average molecular weight is 466 g/mol. The Morgan fingerprint density at radius 2 is 1.76 bits per heavy atom. The summed E-state index contributed by atoms with van der Waals surface area (Å²) < 4.78 is 28.3. The number of nitrogens with zero attached hydrogens (tertiary/aromatic N) is 3. The minimum atomic E-state index is -3.64. The van der Waals surface area contributed by atoms with E-state index in [1.54, 1.807) is 10.8 Å². The van der Waals surface area contributed by atoms with E-state index >= 15 is 0 Å². The second kappa shape index (κ2) is 9.51. The van der Waals surface area contributed by atoms with E-state index in [-0.39, 0.29) is 28.8 Å². The fourth-order valence-corrected chi connectivity index (χ4v) is 5.48. The van der Waals surface area contributed by atoms with Crippen LogP contribution in [0.1, 0.15) is 53.9 Å². The number of imidazole rings is 1. The van der Waals surface area contributed by atoms with Gasteiger partial charge in [0, 0.05) is 18.2 Å². The number of rotatable bonds is 9. The number of benzene rings is 2. The highest BCUT2D eigenvalue weighted by molar-refractivity contribution is 7.90. The van der Waals surface area contributed by atoms with Crippen molar-refractivity contribution < 1.29 is 13.2 Å². The van der Waals surface area contributed by atoms with E-state index in [9.17, 15) is 13.2 Å². The van der Waals surface area contributed by atoms with E-state index in [0.29, 0.717) is 18.7 Å². The SMILES string of the molecule is Cc1ccc(C(=O)N(Cc2cnc(S(=O)(=O)Cc3ccccc3)n2CC(C)C)C2CC2)cc1. The summed E-state index contributed by atoms with van der Waals surface area (Å²) in [6.07, 6.45) is 3.56. The number of hydrogen-bond donors (Lipinski definition) is 0. The third kappa shape index (κ3) is 5.53. The molecule has 1 aromatic heterocycles. The largest absolute Gasteiger partial charge is 0.330 e. The summed E-state index contributed by atoms with van der Waals surface area (Å²) in [7, 11) is -3.64. The Kier molecular flexibility index (Phi) is 6.70. The van der Waals surface area contributed by atoms with Gasteiger partial charge in [-0.25, -0.2) is 13.4 Å². The Hall–Kier alpha value is -2.93. The first-order chi connectivity index (χ1) is 15.7. The maximum atomic E-state index is 13.3. The van der Waals surface area contributed by atoms with Crippen molar-refractivity contribution in [3.63, 3.8) is 0 Å². The zero-order valence-electron chi connectivity index (χ0n) is 19.4. The van der Waals surface area contributed by atoms with E-state index in [4.69, 9.17) is 0 Å². The predicted octanol–water partition coefficient (Wildman–Crippen LogP) is 4.63. The van der Waals surface area contributed by atoms with Crippen molar-refractivity contribution in [3.8, 4) is 0 Å². The van der Waals surface area contributed by atoms with Crippen LogP contribution < -0.4 is 0 Å². The van der Waals surface area contributed by atoms with Crippen LogP contribution in [0.2, 0.25) is 0 Å². The van der Waals surface area contributed by atoms with Crippen molar-refractivity contribution in [1.29, 1.82) is 0 Å².